The van der Waals surface area contributed by atoms with Gasteiger partial charge in [0.15, 0.2) is 0 Å². The zero-order chi connectivity index (χ0) is 16.7. The molecule has 1 heterocycles. The second-order valence-electron chi connectivity index (χ2n) is 6.40. The van der Waals surface area contributed by atoms with Gasteiger partial charge in [-0.15, -0.1) is 0 Å². The Morgan fingerprint density at radius 3 is 2.57 bits per heavy atom. The fraction of sp³-hybridized carbons (Fsp3) is 0.588. The van der Waals surface area contributed by atoms with Crippen LogP contribution in [-0.2, 0) is 11.0 Å². The molecule has 0 aromatic heterocycles. The van der Waals surface area contributed by atoms with Crippen molar-refractivity contribution in [2.75, 3.05) is 6.54 Å². The van der Waals surface area contributed by atoms with E-state index in [0.29, 0.717) is 12.1 Å². The number of rotatable bonds is 2. The van der Waals surface area contributed by atoms with Crippen LogP contribution in [0.3, 0.4) is 0 Å². The van der Waals surface area contributed by atoms with Gasteiger partial charge in [-0.25, -0.2) is 0 Å². The Morgan fingerprint density at radius 1 is 1.26 bits per heavy atom. The van der Waals surface area contributed by atoms with Crippen LogP contribution in [0.4, 0.5) is 13.2 Å². The number of hydrogen-bond acceptors (Lipinski definition) is 2. The Labute approximate surface area is 133 Å². The van der Waals surface area contributed by atoms with Gasteiger partial charge in [0.25, 0.3) is 0 Å². The van der Waals surface area contributed by atoms with Crippen LogP contribution >= 0.6 is 0 Å². The Morgan fingerprint density at radius 2 is 1.96 bits per heavy atom. The van der Waals surface area contributed by atoms with Gasteiger partial charge >= 0.3 is 6.18 Å². The van der Waals surface area contributed by atoms with E-state index in [2.05, 4.69) is 5.32 Å². The maximum Gasteiger partial charge on any atom is 0.416 e. The number of halogens is 3. The molecule has 1 saturated heterocycles. The van der Waals surface area contributed by atoms with Crippen LogP contribution < -0.4 is 5.32 Å². The summed E-state index contributed by atoms with van der Waals surface area (Å²) in [5.74, 6) is 0.0297. The smallest absolute Gasteiger partial charge is 0.322 e. The maximum atomic E-state index is 13.0. The topological polar surface area (TPSA) is 32.3 Å². The lowest BCUT2D eigenvalue weighted by Gasteiger charge is -2.31. The van der Waals surface area contributed by atoms with Gasteiger partial charge in [-0.1, -0.05) is 31.4 Å². The summed E-state index contributed by atoms with van der Waals surface area (Å²) in [6.07, 6.45) is -0.268. The third-order valence-electron chi connectivity index (χ3n) is 4.97. The molecule has 1 atom stereocenters. The van der Waals surface area contributed by atoms with Crippen molar-refractivity contribution in [3.8, 4) is 0 Å². The molecular weight excluding hydrogens is 305 g/mol. The largest absolute Gasteiger partial charge is 0.416 e. The molecule has 1 amide bonds. The minimum Gasteiger partial charge on any atom is -0.322 e. The number of alkyl halides is 3. The Hall–Kier alpha value is -1.56. The lowest BCUT2D eigenvalue weighted by Crippen LogP contribution is -2.48. The molecule has 0 radical (unpaired) electrons. The zero-order valence-corrected chi connectivity index (χ0v) is 13.1. The van der Waals surface area contributed by atoms with E-state index in [4.69, 9.17) is 0 Å². The molecule has 2 fully saturated rings. The third kappa shape index (κ3) is 2.84. The summed E-state index contributed by atoms with van der Waals surface area (Å²) in [5.41, 5.74) is -0.768. The highest BCUT2D eigenvalue weighted by Gasteiger charge is 2.51. The van der Waals surface area contributed by atoms with E-state index in [1.54, 1.807) is 11.0 Å². The molecule has 3 rings (SSSR count). The number of carbonyl (C=O) groups excluding carboxylic acids is 1. The highest BCUT2D eigenvalue weighted by molar-refractivity contribution is 5.89. The number of benzene rings is 1. The first kappa shape index (κ1) is 16.3. The van der Waals surface area contributed by atoms with Gasteiger partial charge in [-0.3, -0.25) is 10.1 Å². The SMILES string of the molecule is CCN1C(=O)C2(CCCCC2)NC1c1cccc(C(F)(F)F)c1. The van der Waals surface area contributed by atoms with Gasteiger partial charge in [0.2, 0.25) is 5.91 Å². The molecular formula is C17H21F3N2O. The van der Waals surface area contributed by atoms with Crippen molar-refractivity contribution in [3.63, 3.8) is 0 Å². The summed E-state index contributed by atoms with van der Waals surface area (Å²) < 4.78 is 38.9. The average Bonchev–Trinajstić information content (AvgIpc) is 2.80. The first-order chi connectivity index (χ1) is 10.9. The third-order valence-corrected chi connectivity index (χ3v) is 4.97. The van der Waals surface area contributed by atoms with Crippen LogP contribution in [-0.4, -0.2) is 22.9 Å². The van der Waals surface area contributed by atoms with Crippen LogP contribution in [0.15, 0.2) is 24.3 Å². The fourth-order valence-electron chi connectivity index (χ4n) is 3.78. The quantitative estimate of drug-likeness (QED) is 0.895. The van der Waals surface area contributed by atoms with E-state index in [1.807, 2.05) is 6.92 Å². The van der Waals surface area contributed by atoms with Crippen molar-refractivity contribution >= 4 is 5.91 Å². The first-order valence-corrected chi connectivity index (χ1v) is 8.13. The zero-order valence-electron chi connectivity index (χ0n) is 13.1. The summed E-state index contributed by atoms with van der Waals surface area (Å²) in [6.45, 7) is 2.34. The molecule has 1 N–H and O–H groups in total. The molecule has 6 heteroatoms. The predicted octanol–water partition coefficient (Wildman–Crippen LogP) is 3.86. The van der Waals surface area contributed by atoms with E-state index in [0.717, 1.165) is 44.2 Å². The number of nitrogens with one attached hydrogen (secondary N) is 1. The highest BCUT2D eigenvalue weighted by Crippen LogP contribution is 2.40. The van der Waals surface area contributed by atoms with E-state index < -0.39 is 23.4 Å². The Kier molecular flexibility index (Phi) is 4.12. The molecule has 0 bridgehead atoms. The van der Waals surface area contributed by atoms with Crippen LogP contribution in [0.5, 0.6) is 0 Å². The summed E-state index contributed by atoms with van der Waals surface area (Å²) in [6, 6.07) is 5.27. The molecule has 2 aliphatic rings. The van der Waals surface area contributed by atoms with Crippen LogP contribution in [0, 0.1) is 0 Å². The second-order valence-corrected chi connectivity index (χ2v) is 6.40. The molecule has 1 unspecified atom stereocenters. The van der Waals surface area contributed by atoms with Gasteiger partial charge in [0, 0.05) is 6.54 Å². The molecule has 1 aliphatic heterocycles. The van der Waals surface area contributed by atoms with Crippen molar-refractivity contribution in [1.29, 1.82) is 0 Å². The van der Waals surface area contributed by atoms with Gasteiger partial charge in [0.1, 0.15) is 6.17 Å². The van der Waals surface area contributed by atoms with E-state index >= 15 is 0 Å². The standard InChI is InChI=1S/C17H21F3N2O/c1-2-22-14(12-7-6-8-13(11-12)17(18,19)20)21-16(15(22)23)9-4-3-5-10-16/h6-8,11,14,21H,2-5,9-10H2,1H3. The predicted molar refractivity (Wildman–Crippen MR) is 80.5 cm³/mol. The Balaban J connectivity index is 1.94. The lowest BCUT2D eigenvalue weighted by molar-refractivity contribution is -0.137. The first-order valence-electron chi connectivity index (χ1n) is 8.13. The molecule has 1 aromatic carbocycles. The number of likely N-dealkylation sites (N-methyl/N-ethyl adjacent to an activating group) is 1. The maximum absolute atomic E-state index is 13.0. The minimum atomic E-state index is -4.38. The van der Waals surface area contributed by atoms with Gasteiger partial charge in [-0.2, -0.15) is 13.2 Å². The van der Waals surface area contributed by atoms with Crippen molar-refractivity contribution in [2.45, 2.75) is 56.9 Å². The number of hydrogen-bond donors (Lipinski definition) is 1. The molecule has 1 aliphatic carbocycles. The van der Waals surface area contributed by atoms with Crippen LogP contribution in [0.2, 0.25) is 0 Å². The molecule has 126 valence electrons. The van der Waals surface area contributed by atoms with Gasteiger partial charge in [0.05, 0.1) is 11.1 Å². The lowest BCUT2D eigenvalue weighted by atomic mass is 9.81. The van der Waals surface area contributed by atoms with Crippen LogP contribution in [0.25, 0.3) is 0 Å². The van der Waals surface area contributed by atoms with Crippen molar-refractivity contribution < 1.29 is 18.0 Å². The fourth-order valence-corrected chi connectivity index (χ4v) is 3.78. The van der Waals surface area contributed by atoms with Crippen molar-refractivity contribution in [3.05, 3.63) is 35.4 Å². The summed E-state index contributed by atoms with van der Waals surface area (Å²) in [5, 5.41) is 3.36. The molecule has 23 heavy (non-hydrogen) atoms. The normalized spacial score (nSPS) is 24.4. The molecule has 3 nitrogen and oxygen atoms in total. The monoisotopic (exact) mass is 326 g/mol. The average molecular weight is 326 g/mol. The van der Waals surface area contributed by atoms with E-state index in [9.17, 15) is 18.0 Å². The molecule has 1 spiro atoms. The van der Waals surface area contributed by atoms with Crippen molar-refractivity contribution in [2.24, 2.45) is 0 Å². The number of carbonyl (C=O) groups is 1. The summed E-state index contributed by atoms with van der Waals surface area (Å²) >= 11 is 0. The number of amides is 1. The molecule has 1 aromatic rings. The number of nitrogens with zero attached hydrogens (tertiary/aromatic N) is 1. The Bertz CT molecular complexity index is 594. The van der Waals surface area contributed by atoms with E-state index in [-0.39, 0.29) is 5.91 Å². The van der Waals surface area contributed by atoms with E-state index in [1.165, 1.54) is 6.07 Å². The van der Waals surface area contributed by atoms with Crippen molar-refractivity contribution in [1.82, 2.24) is 10.2 Å². The summed E-state index contributed by atoms with van der Waals surface area (Å²) in [7, 11) is 0. The summed E-state index contributed by atoms with van der Waals surface area (Å²) in [4.78, 5) is 14.5. The minimum absolute atomic E-state index is 0.0297. The van der Waals surface area contributed by atoms with Gasteiger partial charge < -0.3 is 4.90 Å². The van der Waals surface area contributed by atoms with Crippen LogP contribution in [0.1, 0.15) is 56.3 Å². The second kappa shape index (κ2) is 5.82. The molecule has 1 saturated carbocycles. The van der Waals surface area contributed by atoms with Gasteiger partial charge in [-0.05, 0) is 37.5 Å². The highest BCUT2D eigenvalue weighted by atomic mass is 19.4.